The van der Waals surface area contributed by atoms with Crippen LogP contribution in [0.5, 0.6) is 0 Å². The summed E-state index contributed by atoms with van der Waals surface area (Å²) in [6, 6.07) is -2.10. The SMILES string of the molecule is N[C@H]1[C@@H](O)[C@@H](OP(=O)([O-])[O-])[C@H](O)[C@@H](OP(=O)([O-])[O-])[C@@H]1OP(=O)([O-])[O-].[Na+].[Na+].[Na+].[Na+].[Na+].[Na+]. The first kappa shape index (κ1) is 49.2. The molecule has 1 saturated carbocycles. The Morgan fingerprint density at radius 2 is 0.833 bits per heavy atom. The summed E-state index contributed by atoms with van der Waals surface area (Å²) in [7, 11) is -17.7. The molecule has 1 aliphatic rings. The average molecular weight is 551 g/mol. The third-order valence-corrected chi connectivity index (χ3v) is 4.36. The molecule has 0 amide bonds. The van der Waals surface area contributed by atoms with E-state index in [1.54, 1.807) is 0 Å². The zero-order valence-corrected chi connectivity index (χ0v) is 31.9. The number of rotatable bonds is 6. The average Bonchev–Trinajstić information content (AvgIpc) is 2.32. The van der Waals surface area contributed by atoms with Crippen LogP contribution in [0.4, 0.5) is 0 Å². The smallest absolute Gasteiger partial charge is 0.790 e. The zero-order chi connectivity index (χ0) is 19.1. The molecule has 0 aromatic rings. The molecule has 1 aliphatic carbocycles. The van der Waals surface area contributed by atoms with Crippen LogP contribution in [0.2, 0.25) is 0 Å². The molecule has 144 valence electrons. The molecule has 0 saturated heterocycles. The molecule has 0 radical (unpaired) electrons. The van der Waals surface area contributed by atoms with Crippen LogP contribution in [-0.2, 0) is 27.3 Å². The predicted octanol–water partition coefficient (Wildman–Crippen LogP) is -25.3. The summed E-state index contributed by atoms with van der Waals surface area (Å²) < 4.78 is 43.4. The van der Waals surface area contributed by atoms with Gasteiger partial charge in [0, 0.05) is 0 Å². The van der Waals surface area contributed by atoms with Crippen LogP contribution in [0.3, 0.4) is 0 Å². The fourth-order valence-corrected chi connectivity index (χ4v) is 3.69. The molecule has 1 fully saturated rings. The van der Waals surface area contributed by atoms with E-state index in [4.69, 9.17) is 5.73 Å². The van der Waals surface area contributed by atoms with Crippen LogP contribution in [0.25, 0.3) is 0 Å². The summed E-state index contributed by atoms with van der Waals surface area (Å²) in [5, 5.41) is 19.5. The molecule has 0 aromatic carbocycles. The van der Waals surface area contributed by atoms with E-state index in [1.165, 1.54) is 0 Å². The van der Waals surface area contributed by atoms with Crippen molar-refractivity contribution >= 4 is 23.5 Å². The van der Waals surface area contributed by atoms with Crippen LogP contribution in [0, 0.1) is 0 Å². The molecule has 0 bridgehead atoms. The fraction of sp³-hybridized carbons (Fsp3) is 1.00. The van der Waals surface area contributed by atoms with Gasteiger partial charge in [0.1, 0.15) is 30.5 Å². The zero-order valence-electron chi connectivity index (χ0n) is 17.2. The van der Waals surface area contributed by atoms with Crippen LogP contribution >= 0.6 is 23.5 Å². The second kappa shape index (κ2) is 20.2. The number of phosphoric acid groups is 3. The molecule has 0 unspecified atom stereocenters. The van der Waals surface area contributed by atoms with Gasteiger partial charge in [0.05, 0.1) is 29.5 Å². The molecule has 4 N–H and O–H groups in total. The number of hydrogen-bond donors (Lipinski definition) is 3. The number of hydrogen-bond acceptors (Lipinski definition) is 15. The Kier molecular flexibility index (Phi) is 33.1. The van der Waals surface area contributed by atoms with Gasteiger partial charge in [0.15, 0.2) is 0 Å². The van der Waals surface area contributed by atoms with Gasteiger partial charge < -0.3 is 72.6 Å². The maximum absolute atomic E-state index is 10.7. The second-order valence-electron chi connectivity index (χ2n) is 4.61. The topological polar surface area (TPSA) is 284 Å². The summed E-state index contributed by atoms with van der Waals surface area (Å²) in [6.07, 6.45) is -12.3. The Balaban J connectivity index is -0.000000240. The molecular weight excluding hydrogens is 541 g/mol. The van der Waals surface area contributed by atoms with E-state index in [0.717, 1.165) is 0 Å². The Bertz CT molecular complexity index is 601. The van der Waals surface area contributed by atoms with Gasteiger partial charge >= 0.3 is 177 Å². The predicted molar refractivity (Wildman–Crippen MR) is 57.4 cm³/mol. The molecule has 30 heavy (non-hydrogen) atoms. The monoisotopic (exact) mass is 551 g/mol. The molecule has 0 aliphatic heterocycles. The van der Waals surface area contributed by atoms with E-state index in [0.29, 0.717) is 0 Å². The largest absolute Gasteiger partial charge is 1.00 e. The third-order valence-electron chi connectivity index (χ3n) is 2.86. The molecule has 24 heteroatoms. The van der Waals surface area contributed by atoms with E-state index in [9.17, 15) is 53.3 Å². The Hall–Kier alpha value is 6.21. The van der Waals surface area contributed by atoms with E-state index in [-0.39, 0.29) is 177 Å². The van der Waals surface area contributed by atoms with Crippen molar-refractivity contribution in [2.24, 2.45) is 5.73 Å². The van der Waals surface area contributed by atoms with Crippen LogP contribution in [-0.4, -0.2) is 46.8 Å². The number of aliphatic hydroxyl groups is 2. The molecular formula is C6H10NNa6O14P3. The minimum absolute atomic E-state index is 0. The summed E-state index contributed by atoms with van der Waals surface area (Å²) in [5.74, 6) is 0. The van der Waals surface area contributed by atoms with Crippen molar-refractivity contribution < 1.29 is 244 Å². The van der Waals surface area contributed by atoms with Crippen molar-refractivity contribution in [3.05, 3.63) is 0 Å². The first-order valence-electron chi connectivity index (χ1n) is 5.75. The molecule has 6 atom stereocenters. The van der Waals surface area contributed by atoms with Crippen molar-refractivity contribution in [2.45, 2.75) is 36.6 Å². The van der Waals surface area contributed by atoms with Crippen LogP contribution in [0.15, 0.2) is 0 Å². The standard InChI is InChI=1S/C6H16NO14P3.6Na/c7-1-2(8)5(20-23(13,14)15)3(9)6(21-24(16,17)18)4(1)19-22(10,11)12;;;;;;/h1-6,8-9H,7H2,(H2,10,11,12)(H2,13,14,15)(H2,16,17,18);;;;;;/q;6*+1/p-6/t1-,2+,3-,4+,5+,6+;;;;;;/m0....../s1. The summed E-state index contributed by atoms with van der Waals surface area (Å²) in [6.45, 7) is 0. The Morgan fingerprint density at radius 1 is 0.567 bits per heavy atom. The third kappa shape index (κ3) is 18.5. The van der Waals surface area contributed by atoms with E-state index >= 15 is 0 Å². The van der Waals surface area contributed by atoms with Crippen molar-refractivity contribution in [1.82, 2.24) is 0 Å². The second-order valence-corrected chi connectivity index (χ2v) is 7.93. The Morgan fingerprint density at radius 3 is 1.13 bits per heavy atom. The van der Waals surface area contributed by atoms with Gasteiger partial charge in [-0.3, -0.25) is 0 Å². The van der Waals surface area contributed by atoms with Gasteiger partial charge in [-0.25, -0.2) is 0 Å². The van der Waals surface area contributed by atoms with E-state index < -0.39 is 60.0 Å². The Labute approximate surface area is 304 Å². The first-order chi connectivity index (χ1) is 10.5. The minimum atomic E-state index is -5.95. The van der Waals surface area contributed by atoms with Gasteiger partial charge in [0.2, 0.25) is 0 Å². The number of aliphatic hydroxyl groups excluding tert-OH is 2. The molecule has 0 heterocycles. The van der Waals surface area contributed by atoms with Gasteiger partial charge in [-0.1, -0.05) is 0 Å². The van der Waals surface area contributed by atoms with E-state index in [1.807, 2.05) is 0 Å². The number of phosphoric ester groups is 3. The summed E-state index contributed by atoms with van der Waals surface area (Å²) in [4.78, 5) is 63.8. The fourth-order valence-electron chi connectivity index (χ4n) is 2.04. The minimum Gasteiger partial charge on any atom is -0.790 e. The summed E-state index contributed by atoms with van der Waals surface area (Å²) in [5.41, 5.74) is 5.28. The van der Waals surface area contributed by atoms with Crippen LogP contribution in [0.1, 0.15) is 0 Å². The quantitative estimate of drug-likeness (QED) is 0.204. The maximum Gasteiger partial charge on any atom is 1.00 e. The molecule has 15 nitrogen and oxygen atoms in total. The summed E-state index contributed by atoms with van der Waals surface area (Å²) >= 11 is 0. The van der Waals surface area contributed by atoms with E-state index in [2.05, 4.69) is 13.6 Å². The molecule has 0 spiro atoms. The maximum atomic E-state index is 10.7. The molecule has 0 aromatic heterocycles. The van der Waals surface area contributed by atoms with Crippen molar-refractivity contribution in [2.75, 3.05) is 0 Å². The van der Waals surface area contributed by atoms with Gasteiger partial charge in [-0.2, -0.15) is 0 Å². The van der Waals surface area contributed by atoms with Crippen LogP contribution < -0.4 is 212 Å². The van der Waals surface area contributed by atoms with Gasteiger partial charge in [-0.15, -0.1) is 0 Å². The van der Waals surface area contributed by atoms with Gasteiger partial charge in [-0.05, 0) is 0 Å². The molecule has 1 rings (SSSR count). The van der Waals surface area contributed by atoms with Gasteiger partial charge in [0.25, 0.3) is 0 Å². The first-order valence-corrected chi connectivity index (χ1v) is 10.1. The normalized spacial score (nSPS) is 28.7. The van der Waals surface area contributed by atoms with Crippen molar-refractivity contribution in [3.8, 4) is 0 Å². The van der Waals surface area contributed by atoms with Crippen molar-refractivity contribution in [3.63, 3.8) is 0 Å². The number of nitrogens with two attached hydrogens (primary N) is 1. The van der Waals surface area contributed by atoms with Crippen molar-refractivity contribution in [1.29, 1.82) is 0 Å².